The molecule has 2 fully saturated rings. The molecule has 3 N–H and O–H groups in total. The van der Waals surface area contributed by atoms with Crippen molar-refractivity contribution in [3.63, 3.8) is 0 Å². The van der Waals surface area contributed by atoms with Gasteiger partial charge in [0.15, 0.2) is 17.1 Å². The second-order valence-corrected chi connectivity index (χ2v) is 22.0. The van der Waals surface area contributed by atoms with E-state index < -0.39 is 137 Å². The van der Waals surface area contributed by atoms with Crippen LogP contribution in [0.3, 0.4) is 0 Å². The number of hydrogen-bond acceptors (Lipinski definition) is 18. The van der Waals surface area contributed by atoms with Crippen molar-refractivity contribution in [2.75, 3.05) is 49.2 Å². The molecule has 2 amide bonds. The smallest absolute Gasteiger partial charge is 0.434 e. The van der Waals surface area contributed by atoms with Crippen LogP contribution in [0.15, 0.2) is 79.0 Å². The fraction of sp³-hybridized carbons (Fsp3) is 0.358. The number of aromatic nitrogens is 3. The minimum absolute atomic E-state index is 0.000237. The number of piperidine rings is 2. The van der Waals surface area contributed by atoms with Crippen molar-refractivity contribution in [1.82, 2.24) is 24.4 Å². The number of aromatic carboxylic acids is 1. The number of halogens is 11. The molecule has 87 heavy (non-hydrogen) atoms. The van der Waals surface area contributed by atoms with E-state index >= 15 is 0 Å². The van der Waals surface area contributed by atoms with Gasteiger partial charge in [-0.3, -0.25) is 24.0 Å². The molecule has 0 spiro atoms. The number of hydrogen-bond donors (Lipinski definition) is 3. The average molecular weight is 1280 g/mol. The van der Waals surface area contributed by atoms with E-state index in [1.165, 1.54) is 54.0 Å². The zero-order valence-electron chi connectivity index (χ0n) is 45.2. The van der Waals surface area contributed by atoms with Crippen molar-refractivity contribution in [3.8, 4) is 12.1 Å². The summed E-state index contributed by atoms with van der Waals surface area (Å²) in [4.78, 5) is 72.3. The molecule has 2 aliphatic heterocycles. The van der Waals surface area contributed by atoms with E-state index in [-0.39, 0.29) is 99.0 Å². The number of nitriles is 2. The number of benzene rings is 2. The van der Waals surface area contributed by atoms with Gasteiger partial charge in [-0.15, -0.1) is 0 Å². The molecule has 21 nitrogen and oxygen atoms in total. The van der Waals surface area contributed by atoms with Gasteiger partial charge in [0.25, 0.3) is 0 Å². The Labute approximate surface area is 487 Å². The van der Waals surface area contributed by atoms with Crippen LogP contribution in [0.25, 0.3) is 0 Å². The number of amides is 2. The highest BCUT2D eigenvalue weighted by molar-refractivity contribution is 7.89. The molecule has 34 heteroatoms. The summed E-state index contributed by atoms with van der Waals surface area (Å²) < 4.78 is 208. The summed E-state index contributed by atoms with van der Waals surface area (Å²) in [5.74, 6) is -10.7. The molecular formula is C53H48F11N9O12S2. The molecule has 0 radical (unpaired) electrons. The zero-order valence-corrected chi connectivity index (χ0v) is 46.8. The highest BCUT2D eigenvalue weighted by Crippen LogP contribution is 2.37. The summed E-state index contributed by atoms with van der Waals surface area (Å²) in [5, 5.41) is 27.3. The van der Waals surface area contributed by atoms with E-state index in [2.05, 4.69) is 24.4 Å². The zero-order chi connectivity index (χ0) is 64.8. The number of sulfonamides is 2. The summed E-state index contributed by atoms with van der Waals surface area (Å²) in [6, 6.07) is 17.2. The van der Waals surface area contributed by atoms with Crippen LogP contribution in [-0.2, 0) is 69.1 Å². The summed E-state index contributed by atoms with van der Waals surface area (Å²) in [6.07, 6.45) is -13.6. The van der Waals surface area contributed by atoms with Crippen LogP contribution < -0.4 is 19.2 Å². The molecule has 7 rings (SSSR count). The lowest BCUT2D eigenvalue weighted by atomic mass is 9.96. The van der Waals surface area contributed by atoms with E-state index in [0.29, 0.717) is 0 Å². The molecule has 0 saturated carbocycles. The first-order valence-electron chi connectivity index (χ1n) is 25.3. The Hall–Kier alpha value is -9.05. The Morgan fingerprint density at radius 3 is 1.43 bits per heavy atom. The van der Waals surface area contributed by atoms with Crippen molar-refractivity contribution in [3.05, 3.63) is 147 Å². The first-order valence-corrected chi connectivity index (χ1v) is 28.6. The van der Waals surface area contributed by atoms with Crippen LogP contribution in [0.1, 0.15) is 110 Å². The fourth-order valence-electron chi connectivity index (χ4n) is 8.54. The summed E-state index contributed by atoms with van der Waals surface area (Å²) in [6.45, 7) is 2.47. The Morgan fingerprint density at radius 1 is 0.609 bits per heavy atom. The first kappa shape index (κ1) is 68.7. The van der Waals surface area contributed by atoms with E-state index in [4.69, 9.17) is 5.11 Å². The maximum Gasteiger partial charge on any atom is 0.434 e. The molecule has 0 aliphatic carbocycles. The third-order valence-corrected chi connectivity index (χ3v) is 14.9. The fourth-order valence-corrected chi connectivity index (χ4v) is 10.9. The van der Waals surface area contributed by atoms with Gasteiger partial charge < -0.3 is 24.4 Å². The predicted octanol–water partition coefficient (Wildman–Crippen LogP) is 8.10. The van der Waals surface area contributed by atoms with Crippen LogP contribution in [0.4, 0.5) is 59.9 Å². The van der Waals surface area contributed by atoms with E-state index in [0.717, 1.165) is 48.7 Å². The van der Waals surface area contributed by atoms with E-state index in [9.17, 15) is 99.6 Å². The number of ether oxygens (including phenoxy) is 2. The number of carboxylic acids is 1. The molecule has 3 aromatic heterocycles. The van der Waals surface area contributed by atoms with Crippen LogP contribution >= 0.6 is 0 Å². The standard InChI is InChI=1S/2C23H22F4N4O5S.C7H4F3NO2/c1-2-36-22(33)18-11-16(12-28)20(29-19(18)23(25,26)27)31-8-6-15(7-9-31)21(32)30-37(34,35)13-14-4-3-5-17(24)10-14;1-2-36-22(33)17-11-16(12-28)20(29-19(17)23(25,26)27)31-9-7-14(8-10-31)21(32)30-37(34,35)13-15-5-3-4-6-18(15)24;8-7(9,10)5-4(6(12)13)2-1-3-11-5/h3-5,10-11,15H,2,6-9,13H2,1H3,(H,30,32);3-6,11,14H,2,7-10,13H2,1H3,(H,30,32);1-3H,(H,12,13). The van der Waals surface area contributed by atoms with E-state index in [1.807, 2.05) is 9.44 Å². The number of carbonyl (C=O) groups excluding carboxylic acids is 4. The van der Waals surface area contributed by atoms with Gasteiger partial charge in [-0.2, -0.15) is 50.0 Å². The van der Waals surface area contributed by atoms with Crippen LogP contribution in [-0.4, -0.2) is 106 Å². The predicted molar refractivity (Wildman–Crippen MR) is 280 cm³/mol. The lowest BCUT2D eigenvalue weighted by Crippen LogP contribution is -2.43. The third-order valence-electron chi connectivity index (χ3n) is 12.5. The number of esters is 2. The summed E-state index contributed by atoms with van der Waals surface area (Å²) in [7, 11) is -8.32. The molecule has 0 unspecified atom stereocenters. The molecule has 5 heterocycles. The Balaban J connectivity index is 0.000000263. The number of rotatable bonds is 15. The lowest BCUT2D eigenvalue weighted by Gasteiger charge is -2.33. The second-order valence-electron chi connectivity index (χ2n) is 18.6. The normalized spacial score (nSPS) is 14.1. The van der Waals surface area contributed by atoms with Gasteiger partial charge in [-0.25, -0.2) is 50.0 Å². The van der Waals surface area contributed by atoms with Crippen LogP contribution in [0.2, 0.25) is 0 Å². The number of nitrogens with one attached hydrogen (secondary N) is 2. The molecule has 2 aliphatic rings. The monoisotopic (exact) mass is 1280 g/mol. The molecule has 0 atom stereocenters. The number of carboxylic acid groups (broad SMARTS) is 1. The van der Waals surface area contributed by atoms with E-state index in [1.54, 1.807) is 12.1 Å². The van der Waals surface area contributed by atoms with Crippen molar-refractivity contribution in [1.29, 1.82) is 10.5 Å². The highest BCUT2D eigenvalue weighted by Gasteiger charge is 2.42. The van der Waals surface area contributed by atoms with Gasteiger partial charge in [-0.05, 0) is 87.6 Å². The summed E-state index contributed by atoms with van der Waals surface area (Å²) >= 11 is 0. The van der Waals surface area contributed by atoms with Crippen molar-refractivity contribution in [2.45, 2.75) is 69.6 Å². The first-order chi connectivity index (χ1) is 40.6. The number of nitrogens with zero attached hydrogens (tertiary/aromatic N) is 7. The molecule has 2 saturated heterocycles. The number of carbonyl (C=O) groups is 5. The van der Waals surface area contributed by atoms with Crippen molar-refractivity contribution < 1.29 is 104 Å². The lowest BCUT2D eigenvalue weighted by molar-refractivity contribution is -0.142. The SMILES string of the molecule is CCOC(=O)c1cc(C#N)c(N2CCC(C(=O)NS(=O)(=O)Cc3cccc(F)c3)CC2)nc1C(F)(F)F.CCOC(=O)c1cc(C#N)c(N2CCC(C(=O)NS(=O)(=O)Cc3ccccc3F)CC2)nc1C(F)(F)F.O=C(O)c1cccnc1C(F)(F)F. The minimum Gasteiger partial charge on any atom is -0.478 e. The van der Waals surface area contributed by atoms with Crippen LogP contribution in [0.5, 0.6) is 0 Å². The number of pyridine rings is 3. The van der Waals surface area contributed by atoms with Gasteiger partial charge in [0, 0.05) is 49.8 Å². The number of anilines is 2. The Bertz CT molecular complexity index is 3690. The Kier molecular flexibility index (Phi) is 22.8. The molecule has 0 bridgehead atoms. The minimum atomic E-state index is -5.00. The largest absolute Gasteiger partial charge is 0.478 e. The highest BCUT2D eigenvalue weighted by atomic mass is 32.2. The average Bonchev–Trinajstić information content (AvgIpc) is 2.13. The van der Waals surface area contributed by atoms with Gasteiger partial charge in [0.1, 0.15) is 35.4 Å². The van der Waals surface area contributed by atoms with Crippen molar-refractivity contribution in [2.24, 2.45) is 11.8 Å². The van der Waals surface area contributed by atoms with Gasteiger partial charge >= 0.3 is 36.4 Å². The number of alkyl halides is 9. The maximum atomic E-state index is 13.8. The van der Waals surface area contributed by atoms with Crippen LogP contribution in [0, 0.1) is 46.1 Å². The van der Waals surface area contributed by atoms with Gasteiger partial charge in [-0.1, -0.05) is 30.3 Å². The quantitative estimate of drug-likeness (QED) is 0.0658. The van der Waals surface area contributed by atoms with Gasteiger partial charge in [0.05, 0.1) is 52.5 Å². The topological polar surface area (TPSA) is 309 Å². The Morgan fingerprint density at radius 2 is 1.05 bits per heavy atom. The van der Waals surface area contributed by atoms with Crippen molar-refractivity contribution >= 4 is 61.4 Å². The third kappa shape index (κ3) is 19.0. The molecule has 2 aromatic carbocycles. The summed E-state index contributed by atoms with van der Waals surface area (Å²) in [5.41, 5.74) is -7.50. The van der Waals surface area contributed by atoms with Gasteiger partial charge in [0.2, 0.25) is 31.9 Å². The molecular weight excluding hydrogens is 1230 g/mol. The second kappa shape index (κ2) is 28.9. The molecule has 466 valence electrons. The maximum absolute atomic E-state index is 13.8. The molecule has 5 aromatic rings.